The van der Waals surface area contributed by atoms with Gasteiger partial charge in [-0.1, -0.05) is 12.1 Å². The van der Waals surface area contributed by atoms with Crippen LogP contribution in [-0.4, -0.2) is 66.6 Å². The molecule has 0 radical (unpaired) electrons. The zero-order valence-electron chi connectivity index (χ0n) is 14.4. The number of anilines is 2. The van der Waals surface area contributed by atoms with Gasteiger partial charge < -0.3 is 15.0 Å². The summed E-state index contributed by atoms with van der Waals surface area (Å²) in [6.45, 7) is 5.59. The molecule has 4 rings (SSSR count). The van der Waals surface area contributed by atoms with Crippen LogP contribution >= 0.6 is 0 Å². The Kier molecular flexibility index (Phi) is 4.92. The molecule has 26 heavy (non-hydrogen) atoms. The minimum absolute atomic E-state index is 0.408. The van der Waals surface area contributed by atoms with E-state index in [4.69, 9.17) is 4.74 Å². The molecule has 0 bridgehead atoms. The van der Waals surface area contributed by atoms with E-state index in [-0.39, 0.29) is 0 Å². The average molecular weight is 356 g/mol. The first-order valence-corrected chi connectivity index (χ1v) is 8.75. The van der Waals surface area contributed by atoms with Gasteiger partial charge in [-0.3, -0.25) is 9.89 Å². The van der Waals surface area contributed by atoms with E-state index in [1.165, 1.54) is 12.4 Å². The third-order valence-electron chi connectivity index (χ3n) is 4.51. The highest BCUT2D eigenvalue weighted by atomic mass is 19.1. The van der Waals surface area contributed by atoms with Gasteiger partial charge in [0.2, 0.25) is 5.95 Å². The van der Waals surface area contributed by atoms with Crippen molar-refractivity contribution < 1.29 is 9.13 Å². The van der Waals surface area contributed by atoms with E-state index in [2.05, 4.69) is 30.1 Å². The number of rotatable bonds is 4. The Morgan fingerprint density at radius 1 is 1.12 bits per heavy atom. The van der Waals surface area contributed by atoms with Gasteiger partial charge in [-0.05, 0) is 12.1 Å². The molecule has 136 valence electrons. The number of aromatic nitrogens is 2. The van der Waals surface area contributed by atoms with Gasteiger partial charge >= 0.3 is 0 Å². The molecule has 0 unspecified atom stereocenters. The molecule has 1 N–H and O–H groups in total. The molecule has 0 aliphatic carbocycles. The summed E-state index contributed by atoms with van der Waals surface area (Å²) in [5.74, 6) is 1.91. The first-order valence-electron chi connectivity index (χ1n) is 8.75. The lowest BCUT2D eigenvalue weighted by Crippen LogP contribution is -2.47. The van der Waals surface area contributed by atoms with Crippen LogP contribution < -0.4 is 15.0 Å². The highest BCUT2D eigenvalue weighted by molar-refractivity contribution is 5.99. The van der Waals surface area contributed by atoms with Crippen LogP contribution in [0.1, 0.15) is 0 Å². The summed E-state index contributed by atoms with van der Waals surface area (Å²) < 4.78 is 18.6. The van der Waals surface area contributed by atoms with Gasteiger partial charge in [-0.15, -0.1) is 0 Å². The van der Waals surface area contributed by atoms with Crippen molar-refractivity contribution in [3.05, 3.63) is 42.5 Å². The molecule has 1 aromatic carbocycles. The maximum atomic E-state index is 12.9. The largest absolute Gasteiger partial charge is 0.484 e. The second-order valence-electron chi connectivity index (χ2n) is 6.27. The first-order chi connectivity index (χ1) is 12.8. The molecular formula is C18H21FN6O. The summed E-state index contributed by atoms with van der Waals surface area (Å²) in [6.07, 6.45) is 2.42. The number of halogens is 1. The normalized spacial score (nSPS) is 19.0. The van der Waals surface area contributed by atoms with Gasteiger partial charge in [-0.25, -0.2) is 14.4 Å². The molecule has 1 fully saturated rings. The zero-order valence-corrected chi connectivity index (χ0v) is 14.4. The van der Waals surface area contributed by atoms with E-state index < -0.39 is 5.82 Å². The van der Waals surface area contributed by atoms with Crippen molar-refractivity contribution in [2.45, 2.75) is 0 Å². The summed E-state index contributed by atoms with van der Waals surface area (Å²) in [5.41, 5.74) is 0.963. The lowest BCUT2D eigenvalue weighted by atomic mass is 10.2. The number of hydrogen-bond donors (Lipinski definition) is 1. The topological polar surface area (TPSA) is 65.9 Å². The number of aliphatic imine (C=N–C) groups is 1. The fourth-order valence-corrected chi connectivity index (χ4v) is 3.09. The van der Waals surface area contributed by atoms with Crippen molar-refractivity contribution in [3.8, 4) is 5.75 Å². The van der Waals surface area contributed by atoms with Gasteiger partial charge in [0, 0.05) is 32.7 Å². The molecule has 3 heterocycles. The number of hydrogen-bond acceptors (Lipinski definition) is 6. The molecule has 8 heteroatoms. The fourth-order valence-electron chi connectivity index (χ4n) is 3.09. The van der Waals surface area contributed by atoms with Crippen molar-refractivity contribution >= 4 is 17.5 Å². The van der Waals surface area contributed by atoms with E-state index in [1.54, 1.807) is 0 Å². The molecule has 1 aromatic heterocycles. The van der Waals surface area contributed by atoms with Crippen LogP contribution in [-0.2, 0) is 0 Å². The lowest BCUT2D eigenvalue weighted by Gasteiger charge is -2.34. The Hall–Kier alpha value is -2.74. The number of benzene rings is 1. The van der Waals surface area contributed by atoms with Gasteiger partial charge in [0.05, 0.1) is 24.6 Å². The predicted molar refractivity (Wildman–Crippen MR) is 98.5 cm³/mol. The van der Waals surface area contributed by atoms with Crippen LogP contribution in [0, 0.1) is 5.82 Å². The minimum atomic E-state index is -0.408. The average Bonchev–Trinajstić information content (AvgIpc) is 2.69. The number of ether oxygens (including phenoxy) is 1. The van der Waals surface area contributed by atoms with Crippen molar-refractivity contribution in [1.82, 2.24) is 14.9 Å². The molecule has 0 amide bonds. The van der Waals surface area contributed by atoms with Gasteiger partial charge in [-0.2, -0.15) is 0 Å². The number of nitrogens with one attached hydrogen (secondary N) is 1. The molecule has 0 spiro atoms. The molecule has 0 saturated carbocycles. The third kappa shape index (κ3) is 3.91. The molecular weight excluding hydrogens is 335 g/mol. The summed E-state index contributed by atoms with van der Waals surface area (Å²) in [5, 5.41) is 3.32. The molecule has 7 nitrogen and oxygen atoms in total. The Labute approximate surface area is 151 Å². The van der Waals surface area contributed by atoms with Crippen LogP contribution in [0.15, 0.2) is 41.7 Å². The van der Waals surface area contributed by atoms with Crippen LogP contribution in [0.3, 0.4) is 0 Å². The maximum absolute atomic E-state index is 12.9. The van der Waals surface area contributed by atoms with Gasteiger partial charge in [0.25, 0.3) is 0 Å². The van der Waals surface area contributed by atoms with E-state index >= 15 is 0 Å². The summed E-state index contributed by atoms with van der Waals surface area (Å²) >= 11 is 0. The van der Waals surface area contributed by atoms with Gasteiger partial charge in [0.1, 0.15) is 18.2 Å². The zero-order chi connectivity index (χ0) is 17.8. The Morgan fingerprint density at radius 2 is 1.88 bits per heavy atom. The van der Waals surface area contributed by atoms with Gasteiger partial charge in [0.15, 0.2) is 5.82 Å². The Balaban J connectivity index is 1.23. The van der Waals surface area contributed by atoms with E-state index in [1.807, 2.05) is 24.3 Å². The number of fused-ring (bicyclic) bond motifs is 1. The predicted octanol–water partition coefficient (Wildman–Crippen LogP) is 1.64. The molecule has 2 aliphatic rings. The molecule has 2 aliphatic heterocycles. The summed E-state index contributed by atoms with van der Waals surface area (Å²) in [6, 6.07) is 7.87. The highest BCUT2D eigenvalue weighted by Crippen LogP contribution is 2.26. The van der Waals surface area contributed by atoms with Crippen molar-refractivity contribution in [2.24, 2.45) is 4.99 Å². The third-order valence-corrected chi connectivity index (χ3v) is 4.51. The van der Waals surface area contributed by atoms with Crippen molar-refractivity contribution in [3.63, 3.8) is 0 Å². The smallest absolute Gasteiger partial charge is 0.225 e. The lowest BCUT2D eigenvalue weighted by molar-refractivity contribution is 0.263. The minimum Gasteiger partial charge on any atom is -0.484 e. The number of piperazine rings is 1. The SMILES string of the molecule is Fc1cnc(N2CCN(CCN=C3COc4ccccc4N3)CC2)nc1. The monoisotopic (exact) mass is 356 g/mol. The van der Waals surface area contributed by atoms with Crippen LogP contribution in [0.5, 0.6) is 5.75 Å². The molecule has 1 saturated heterocycles. The fraction of sp³-hybridized carbons (Fsp3) is 0.389. The van der Waals surface area contributed by atoms with E-state index in [0.29, 0.717) is 12.6 Å². The Bertz CT molecular complexity index is 774. The number of amidine groups is 1. The highest BCUT2D eigenvalue weighted by Gasteiger charge is 2.19. The van der Waals surface area contributed by atoms with Crippen molar-refractivity contribution in [2.75, 3.05) is 56.1 Å². The quantitative estimate of drug-likeness (QED) is 0.898. The summed E-state index contributed by atoms with van der Waals surface area (Å²) in [4.78, 5) is 17.2. The van der Waals surface area contributed by atoms with Crippen LogP contribution in [0.25, 0.3) is 0 Å². The van der Waals surface area contributed by atoms with Crippen LogP contribution in [0.4, 0.5) is 16.0 Å². The Morgan fingerprint density at radius 3 is 2.69 bits per heavy atom. The second kappa shape index (κ2) is 7.65. The second-order valence-corrected chi connectivity index (χ2v) is 6.27. The summed E-state index contributed by atoms with van der Waals surface area (Å²) in [7, 11) is 0. The maximum Gasteiger partial charge on any atom is 0.225 e. The first kappa shape index (κ1) is 16.7. The number of para-hydroxylation sites is 2. The van der Waals surface area contributed by atoms with E-state index in [9.17, 15) is 4.39 Å². The van der Waals surface area contributed by atoms with Crippen LogP contribution in [0.2, 0.25) is 0 Å². The number of nitrogens with zero attached hydrogens (tertiary/aromatic N) is 5. The van der Waals surface area contributed by atoms with Crippen molar-refractivity contribution in [1.29, 1.82) is 0 Å². The standard InChI is InChI=1S/C18H21FN6O/c19-14-11-21-18(22-12-14)25-9-7-24(8-10-25)6-5-20-17-13-26-16-4-2-1-3-15(16)23-17/h1-4,11-12H,5-10,13H2,(H,20,23). The molecule has 2 aromatic rings. The van der Waals surface area contributed by atoms with E-state index in [0.717, 1.165) is 56.5 Å². The molecule has 0 atom stereocenters.